The monoisotopic (exact) mass is 225 g/mol. The van der Waals surface area contributed by atoms with E-state index in [2.05, 4.69) is 4.98 Å². The number of aromatic nitrogens is 2. The molecule has 0 aliphatic heterocycles. The maximum absolute atomic E-state index is 9.62. The molecule has 0 spiro atoms. The van der Waals surface area contributed by atoms with Gasteiger partial charge in [-0.1, -0.05) is 11.6 Å². The van der Waals surface area contributed by atoms with Crippen molar-refractivity contribution in [3.8, 4) is 5.75 Å². The van der Waals surface area contributed by atoms with Gasteiger partial charge in [0.2, 0.25) is 0 Å². The average Bonchev–Trinajstić information content (AvgIpc) is 2.54. The molecule has 2 aromatic heterocycles. The Bertz CT molecular complexity index is 481. The number of hydrogen-bond donors (Lipinski definition) is 2. The largest absolute Gasteiger partial charge is 0.506 e. The van der Waals surface area contributed by atoms with Gasteiger partial charge in [0.15, 0.2) is 5.15 Å². The average molecular weight is 226 g/mol. The summed E-state index contributed by atoms with van der Waals surface area (Å²) in [6.45, 7) is 0.616. The molecule has 0 aliphatic carbocycles. The third-order valence-electron chi connectivity index (χ3n) is 2.28. The van der Waals surface area contributed by atoms with Crippen molar-refractivity contribution in [2.75, 3.05) is 6.54 Å². The Hall–Kier alpha value is -1.26. The highest BCUT2D eigenvalue weighted by Gasteiger charge is 2.11. The smallest absolute Gasteiger partial charge is 0.158 e. The second-order valence-corrected chi connectivity index (χ2v) is 3.68. The summed E-state index contributed by atoms with van der Waals surface area (Å²) in [6.07, 6.45) is 3.44. The topological polar surface area (TPSA) is 63.5 Å². The minimum absolute atomic E-state index is 0.147. The SMILES string of the molecule is NCCCc1nc(Cl)c2c(O)cccn12. The molecule has 0 saturated heterocycles. The molecule has 4 nitrogen and oxygen atoms in total. The zero-order chi connectivity index (χ0) is 10.8. The Morgan fingerprint density at radius 2 is 2.33 bits per heavy atom. The standard InChI is InChI=1S/C10H12ClN3O/c11-10-9-7(15)3-2-6-14(9)8(13-10)4-1-5-12/h2-3,6,15H,1,4-5,12H2. The van der Waals surface area contributed by atoms with Gasteiger partial charge in [-0.2, -0.15) is 0 Å². The predicted octanol–water partition coefficient (Wildman–Crippen LogP) is 1.58. The Kier molecular flexibility index (Phi) is 2.79. The normalized spacial score (nSPS) is 11.1. The van der Waals surface area contributed by atoms with Crippen molar-refractivity contribution in [3.63, 3.8) is 0 Å². The molecule has 80 valence electrons. The fraction of sp³-hybridized carbons (Fsp3) is 0.300. The molecule has 0 aliphatic rings. The van der Waals surface area contributed by atoms with Crippen LogP contribution in [0.3, 0.4) is 0 Å². The fourth-order valence-electron chi connectivity index (χ4n) is 1.57. The van der Waals surface area contributed by atoms with Crippen LogP contribution in [0.5, 0.6) is 5.75 Å². The van der Waals surface area contributed by atoms with Gasteiger partial charge in [0.1, 0.15) is 17.1 Å². The van der Waals surface area contributed by atoms with E-state index in [-0.39, 0.29) is 5.75 Å². The fourth-order valence-corrected chi connectivity index (χ4v) is 1.86. The molecule has 0 unspecified atom stereocenters. The van der Waals surface area contributed by atoms with Crippen molar-refractivity contribution in [2.24, 2.45) is 5.73 Å². The molecule has 0 atom stereocenters. The summed E-state index contributed by atoms with van der Waals surface area (Å²) in [5, 5.41) is 9.95. The summed E-state index contributed by atoms with van der Waals surface area (Å²) in [7, 11) is 0. The summed E-state index contributed by atoms with van der Waals surface area (Å²) >= 11 is 5.94. The zero-order valence-corrected chi connectivity index (χ0v) is 8.91. The Balaban J connectivity index is 2.53. The summed E-state index contributed by atoms with van der Waals surface area (Å²) in [6, 6.07) is 3.35. The molecular formula is C10H12ClN3O. The number of imidazole rings is 1. The van der Waals surface area contributed by atoms with Crippen molar-refractivity contribution >= 4 is 17.1 Å². The van der Waals surface area contributed by atoms with Crippen LogP contribution < -0.4 is 5.73 Å². The molecule has 2 rings (SSSR count). The van der Waals surface area contributed by atoms with E-state index in [4.69, 9.17) is 17.3 Å². The van der Waals surface area contributed by atoms with Crippen LogP contribution in [0.2, 0.25) is 5.15 Å². The van der Waals surface area contributed by atoms with Crippen LogP contribution in [0.25, 0.3) is 5.52 Å². The molecule has 2 heterocycles. The first kappa shape index (κ1) is 10.3. The van der Waals surface area contributed by atoms with Gasteiger partial charge in [0.05, 0.1) is 0 Å². The highest BCUT2D eigenvalue weighted by atomic mass is 35.5. The van der Waals surface area contributed by atoms with Crippen LogP contribution in [-0.4, -0.2) is 21.0 Å². The van der Waals surface area contributed by atoms with Gasteiger partial charge in [0.25, 0.3) is 0 Å². The number of aromatic hydroxyl groups is 1. The Morgan fingerprint density at radius 1 is 1.53 bits per heavy atom. The number of hydrogen-bond acceptors (Lipinski definition) is 3. The number of pyridine rings is 1. The summed E-state index contributed by atoms with van der Waals surface area (Å²) in [5.74, 6) is 0.977. The number of fused-ring (bicyclic) bond motifs is 1. The lowest BCUT2D eigenvalue weighted by molar-refractivity contribution is 0.479. The lowest BCUT2D eigenvalue weighted by Gasteiger charge is -2.00. The lowest BCUT2D eigenvalue weighted by atomic mass is 10.3. The van der Waals surface area contributed by atoms with E-state index >= 15 is 0 Å². The Morgan fingerprint density at radius 3 is 3.07 bits per heavy atom. The van der Waals surface area contributed by atoms with E-state index in [1.165, 1.54) is 0 Å². The maximum atomic E-state index is 9.62. The van der Waals surface area contributed by atoms with Crippen molar-refractivity contribution in [1.82, 2.24) is 9.38 Å². The van der Waals surface area contributed by atoms with E-state index < -0.39 is 0 Å². The summed E-state index contributed by atoms with van der Waals surface area (Å²) < 4.78 is 1.80. The summed E-state index contributed by atoms with van der Waals surface area (Å²) in [5.41, 5.74) is 6.00. The van der Waals surface area contributed by atoms with Crippen LogP contribution in [0.1, 0.15) is 12.2 Å². The third-order valence-corrected chi connectivity index (χ3v) is 2.54. The third kappa shape index (κ3) is 1.78. The second-order valence-electron chi connectivity index (χ2n) is 3.32. The molecule has 0 fully saturated rings. The molecule has 0 saturated carbocycles. The minimum atomic E-state index is 0.147. The number of aryl methyl sites for hydroxylation is 1. The molecule has 15 heavy (non-hydrogen) atoms. The number of nitrogens with zero attached hydrogens (tertiary/aromatic N) is 2. The van der Waals surface area contributed by atoms with Gasteiger partial charge in [-0.25, -0.2) is 4.98 Å². The zero-order valence-electron chi connectivity index (χ0n) is 8.15. The quantitative estimate of drug-likeness (QED) is 0.834. The molecule has 0 radical (unpaired) electrons. The second kappa shape index (κ2) is 4.08. The molecule has 2 aromatic rings. The van der Waals surface area contributed by atoms with E-state index in [9.17, 15) is 5.11 Å². The van der Waals surface area contributed by atoms with Crippen LogP contribution in [0, 0.1) is 0 Å². The number of nitrogens with two attached hydrogens (primary N) is 1. The van der Waals surface area contributed by atoms with Gasteiger partial charge in [-0.05, 0) is 25.1 Å². The van der Waals surface area contributed by atoms with Crippen molar-refractivity contribution in [3.05, 3.63) is 29.3 Å². The molecule has 5 heteroatoms. The number of rotatable bonds is 3. The van der Waals surface area contributed by atoms with Crippen LogP contribution >= 0.6 is 11.6 Å². The maximum Gasteiger partial charge on any atom is 0.158 e. The molecule has 3 N–H and O–H groups in total. The van der Waals surface area contributed by atoms with Crippen molar-refractivity contribution < 1.29 is 5.11 Å². The van der Waals surface area contributed by atoms with Crippen molar-refractivity contribution in [2.45, 2.75) is 12.8 Å². The van der Waals surface area contributed by atoms with E-state index in [0.717, 1.165) is 18.7 Å². The highest BCUT2D eigenvalue weighted by molar-refractivity contribution is 6.33. The van der Waals surface area contributed by atoms with Gasteiger partial charge in [0, 0.05) is 12.6 Å². The van der Waals surface area contributed by atoms with E-state index in [1.807, 2.05) is 6.20 Å². The molecule has 0 aromatic carbocycles. The van der Waals surface area contributed by atoms with E-state index in [1.54, 1.807) is 16.5 Å². The van der Waals surface area contributed by atoms with Crippen molar-refractivity contribution in [1.29, 1.82) is 0 Å². The van der Waals surface area contributed by atoms with Gasteiger partial charge in [-0.3, -0.25) is 4.40 Å². The minimum Gasteiger partial charge on any atom is -0.506 e. The van der Waals surface area contributed by atoms with Gasteiger partial charge >= 0.3 is 0 Å². The molecular weight excluding hydrogens is 214 g/mol. The van der Waals surface area contributed by atoms with Crippen LogP contribution in [0.15, 0.2) is 18.3 Å². The summed E-state index contributed by atoms with van der Waals surface area (Å²) in [4.78, 5) is 4.20. The first-order valence-electron chi connectivity index (χ1n) is 4.78. The predicted molar refractivity (Wildman–Crippen MR) is 59.2 cm³/mol. The Labute approximate surface area is 92.3 Å². The first-order chi connectivity index (χ1) is 7.24. The van der Waals surface area contributed by atoms with Gasteiger partial charge < -0.3 is 10.8 Å². The lowest BCUT2D eigenvalue weighted by Crippen LogP contribution is -2.02. The number of halogens is 1. The van der Waals surface area contributed by atoms with Gasteiger partial charge in [-0.15, -0.1) is 0 Å². The molecule has 0 bridgehead atoms. The van der Waals surface area contributed by atoms with E-state index in [0.29, 0.717) is 17.2 Å². The van der Waals surface area contributed by atoms with Crippen LogP contribution in [0.4, 0.5) is 0 Å². The first-order valence-corrected chi connectivity index (χ1v) is 5.16. The van der Waals surface area contributed by atoms with Crippen LogP contribution in [-0.2, 0) is 6.42 Å². The molecule has 0 amide bonds. The highest BCUT2D eigenvalue weighted by Crippen LogP contribution is 2.26.